The van der Waals surface area contributed by atoms with E-state index in [2.05, 4.69) is 242 Å². The lowest BCUT2D eigenvalue weighted by Crippen LogP contribution is -1.95. The molecule has 20 rings (SSSR count). The summed E-state index contributed by atoms with van der Waals surface area (Å²) in [6.07, 6.45) is 0. The largest absolute Gasteiger partial charge is 0.342 e. The average Bonchev–Trinajstić information content (AvgIpc) is 1.39. The minimum absolute atomic E-state index is 0.800. The van der Waals surface area contributed by atoms with Crippen LogP contribution < -0.4 is 0 Å². The Hall–Kier alpha value is -12.6. The van der Waals surface area contributed by atoms with E-state index in [1.165, 1.54) is 10.8 Å². The number of rotatable bonds is 8. The lowest BCUT2D eigenvalue weighted by Gasteiger charge is -2.22. The molecule has 0 unspecified atom stereocenters. The summed E-state index contributed by atoms with van der Waals surface area (Å²) in [4.78, 5) is 66.8. The van der Waals surface area contributed by atoms with E-state index >= 15 is 0 Å². The van der Waals surface area contributed by atoms with Crippen LogP contribution in [0.5, 0.6) is 0 Å². The van der Waals surface area contributed by atoms with Gasteiger partial charge in [0, 0.05) is 22.3 Å². The van der Waals surface area contributed by atoms with E-state index in [9.17, 15) is 0 Å². The minimum Gasteiger partial charge on any atom is -0.342 e. The molecule has 0 spiro atoms. The lowest BCUT2D eigenvalue weighted by atomic mass is 9.81. The Morgan fingerprint density at radius 1 is 0.196 bits per heavy atom. The number of nitrogens with zero attached hydrogens (tertiary/aromatic N) is 8. The summed E-state index contributed by atoms with van der Waals surface area (Å²) >= 11 is 0. The molecule has 0 radical (unpaired) electrons. The van der Waals surface area contributed by atoms with Crippen molar-refractivity contribution >= 4 is 121 Å². The number of H-pyrrole nitrogens is 8. The average molecular weight is 1190 g/mol. The van der Waals surface area contributed by atoms with E-state index in [0.29, 0.717) is 0 Å². The van der Waals surface area contributed by atoms with E-state index in [4.69, 9.17) is 19.9 Å². The Kier molecular flexibility index (Phi) is 10.1. The van der Waals surface area contributed by atoms with Gasteiger partial charge in [-0.05, 0) is 165 Å². The van der Waals surface area contributed by atoms with Crippen molar-refractivity contribution in [3.8, 4) is 90.1 Å². The van der Waals surface area contributed by atoms with E-state index in [1.54, 1.807) is 0 Å². The van der Waals surface area contributed by atoms with Crippen molar-refractivity contribution in [1.82, 2.24) is 79.7 Å². The van der Waals surface area contributed by atoms with Gasteiger partial charge in [-0.25, -0.2) is 39.9 Å². The summed E-state index contributed by atoms with van der Waals surface area (Å²) in [5, 5.41) is 7.01. The predicted octanol–water partition coefficient (Wildman–Crippen LogP) is 18.2. The highest BCUT2D eigenvalue weighted by atomic mass is 15.0. The number of imidazole rings is 8. The van der Waals surface area contributed by atoms with Crippen LogP contribution in [0.15, 0.2) is 182 Å². The second-order valence-corrected chi connectivity index (χ2v) is 24.5. The fraction of sp³-hybridized carbons (Fsp3) is 0.0526. The molecule has 0 aliphatic carbocycles. The molecule has 0 bridgehead atoms. The Labute approximate surface area is 520 Å². The van der Waals surface area contributed by atoms with Crippen molar-refractivity contribution in [3.05, 3.63) is 205 Å². The first-order chi connectivity index (χ1) is 45.0. The molecule has 8 N–H and O–H groups in total. The third-order valence-corrected chi connectivity index (χ3v) is 18.6. The van der Waals surface area contributed by atoms with Gasteiger partial charge in [0.1, 0.15) is 46.6 Å². The van der Waals surface area contributed by atoms with Crippen molar-refractivity contribution in [3.63, 3.8) is 0 Å². The highest BCUT2D eigenvalue weighted by molar-refractivity contribution is 6.32. The van der Waals surface area contributed by atoms with Gasteiger partial charge < -0.3 is 39.9 Å². The zero-order valence-corrected chi connectivity index (χ0v) is 49.9. The van der Waals surface area contributed by atoms with Crippen molar-refractivity contribution < 1.29 is 0 Å². The molecule has 92 heavy (non-hydrogen) atoms. The smallest absolute Gasteiger partial charge is 0.138 e. The van der Waals surface area contributed by atoms with Crippen LogP contribution in [-0.4, -0.2) is 79.7 Å². The van der Waals surface area contributed by atoms with Gasteiger partial charge in [0.25, 0.3) is 0 Å². The molecule has 8 aromatic heterocycles. The standard InChI is InChI=1S/C76H50N16/c1-35-77-55-27-63-64(28-56(55)78-35)86-73(85-63)43-13-5-39(6-14-43)51-25-52(40-7-15-44(16-8-40)74-87-65-29-57-58(30-66(65)88-74)80-36(2)79-57)48-23-24-50-54(42-11-19-46(20-12-42)76-91-69-33-61-62(34-70(69)92-76)84-38(4)83-61)26-53(49-22-21-47(51)71(48)72(49)50)41-9-17-45(18-10-41)75-89-67-31-59-60(32-68(67)90-75)82-37(3)81-59/h5-34H,1-4H3,(H,77,78)(H,79,80)(H,81,82)(H,83,84)(H,85,86)(H,87,88)(H,89,90)(H,91,92). The topological polar surface area (TPSA) is 229 Å². The summed E-state index contributed by atoms with van der Waals surface area (Å²) < 4.78 is 0. The maximum Gasteiger partial charge on any atom is 0.138 e. The van der Waals surface area contributed by atoms with Gasteiger partial charge in [-0.2, -0.15) is 0 Å². The molecule has 434 valence electrons. The van der Waals surface area contributed by atoms with Crippen LogP contribution in [-0.2, 0) is 0 Å². The summed E-state index contributed by atoms with van der Waals surface area (Å²) in [5.41, 5.74) is 27.6. The Morgan fingerprint density at radius 3 is 0.598 bits per heavy atom. The number of hydrogen-bond donors (Lipinski definition) is 8. The molecule has 0 fully saturated rings. The molecule has 16 heteroatoms. The first-order valence-corrected chi connectivity index (χ1v) is 30.7. The van der Waals surface area contributed by atoms with Gasteiger partial charge >= 0.3 is 0 Å². The number of hydrogen-bond acceptors (Lipinski definition) is 8. The van der Waals surface area contributed by atoms with E-state index in [0.717, 1.165) is 223 Å². The number of nitrogens with one attached hydrogen (secondary N) is 8. The van der Waals surface area contributed by atoms with Crippen LogP contribution in [0.4, 0.5) is 0 Å². The quantitative estimate of drug-likeness (QED) is 0.0681. The van der Waals surface area contributed by atoms with Crippen molar-refractivity contribution in [2.24, 2.45) is 0 Å². The van der Waals surface area contributed by atoms with Crippen LogP contribution in [0.1, 0.15) is 23.3 Å². The second kappa shape index (κ2) is 18.5. The molecule has 8 heterocycles. The lowest BCUT2D eigenvalue weighted by molar-refractivity contribution is 1.17. The van der Waals surface area contributed by atoms with E-state index in [1.807, 2.05) is 27.7 Å². The number of aromatic nitrogens is 16. The number of aryl methyl sites for hydroxylation is 4. The molecular weight excluding hydrogens is 1140 g/mol. The van der Waals surface area contributed by atoms with Crippen molar-refractivity contribution in [2.75, 3.05) is 0 Å². The van der Waals surface area contributed by atoms with Crippen molar-refractivity contribution in [1.29, 1.82) is 0 Å². The molecule has 16 nitrogen and oxygen atoms in total. The van der Waals surface area contributed by atoms with Crippen LogP contribution in [0.3, 0.4) is 0 Å². The molecule has 0 amide bonds. The number of aromatic amines is 8. The van der Waals surface area contributed by atoms with E-state index < -0.39 is 0 Å². The highest BCUT2D eigenvalue weighted by Crippen LogP contribution is 2.49. The first kappa shape index (κ1) is 50.4. The molecule has 0 saturated heterocycles. The van der Waals surface area contributed by atoms with Gasteiger partial charge in [0.2, 0.25) is 0 Å². The second-order valence-electron chi connectivity index (χ2n) is 24.5. The molecule has 20 aromatic rings. The zero-order chi connectivity index (χ0) is 60.8. The molecule has 0 aliphatic heterocycles. The summed E-state index contributed by atoms with van der Waals surface area (Å²) in [6, 6.07) is 65.9. The minimum atomic E-state index is 0.800. The van der Waals surface area contributed by atoms with Crippen LogP contribution >= 0.6 is 0 Å². The van der Waals surface area contributed by atoms with Crippen LogP contribution in [0, 0.1) is 27.7 Å². The van der Waals surface area contributed by atoms with Gasteiger partial charge in [0.15, 0.2) is 0 Å². The first-order valence-electron chi connectivity index (χ1n) is 30.7. The van der Waals surface area contributed by atoms with Crippen LogP contribution in [0.2, 0.25) is 0 Å². The molecule has 0 atom stereocenters. The van der Waals surface area contributed by atoms with Gasteiger partial charge in [-0.3, -0.25) is 0 Å². The normalized spacial score (nSPS) is 12.3. The predicted molar refractivity (Wildman–Crippen MR) is 370 cm³/mol. The highest BCUT2D eigenvalue weighted by Gasteiger charge is 2.23. The Bertz CT molecular complexity index is 5480. The number of fused-ring (bicyclic) bond motifs is 8. The van der Waals surface area contributed by atoms with Gasteiger partial charge in [-0.1, -0.05) is 121 Å². The van der Waals surface area contributed by atoms with Gasteiger partial charge in [0.05, 0.1) is 88.3 Å². The molecular formula is C76H50N16. The third-order valence-electron chi connectivity index (χ3n) is 18.6. The molecule has 12 aromatic carbocycles. The van der Waals surface area contributed by atoms with E-state index in [-0.39, 0.29) is 0 Å². The maximum absolute atomic E-state index is 5.07. The zero-order valence-electron chi connectivity index (χ0n) is 49.9. The summed E-state index contributed by atoms with van der Waals surface area (Å²) in [6.45, 7) is 7.89. The molecule has 0 aliphatic rings. The number of benzene rings is 12. The van der Waals surface area contributed by atoms with Crippen molar-refractivity contribution in [2.45, 2.75) is 27.7 Å². The summed E-state index contributed by atoms with van der Waals surface area (Å²) in [7, 11) is 0. The van der Waals surface area contributed by atoms with Gasteiger partial charge in [-0.15, -0.1) is 0 Å². The summed E-state index contributed by atoms with van der Waals surface area (Å²) in [5.74, 6) is 6.70. The maximum atomic E-state index is 5.07. The SMILES string of the molecule is Cc1nc2cc3[nH]c(-c4ccc(-c5cc(-c6ccc(-c7nc8cc9[nH]c(C)nc9cc8[nH]7)cc6)c6ccc7c(-c8ccc(-c9nc%10cc%11[nH]c(C)nc%11cc%10[nH]9)cc8)cc(-c8ccc(-c9nc%10cc%11[nH]c(C)nc%11cc%10[nH]9)cc8)c8ccc5c6c87)cc4)nc3cc2[nH]1. The fourth-order valence-corrected chi connectivity index (χ4v) is 14.3. The Balaban J connectivity index is 0.767. The van der Waals surface area contributed by atoms with Crippen LogP contribution in [0.25, 0.3) is 211 Å². The monoisotopic (exact) mass is 1190 g/mol. The third kappa shape index (κ3) is 7.76. The Morgan fingerprint density at radius 2 is 0.380 bits per heavy atom. The molecule has 0 saturated carbocycles. The fourth-order valence-electron chi connectivity index (χ4n) is 14.3.